The predicted octanol–water partition coefficient (Wildman–Crippen LogP) is 4.31. The highest BCUT2D eigenvalue weighted by Gasteiger charge is 2.18. The number of nitrogens with one attached hydrogen (secondary N) is 2. The topological polar surface area (TPSA) is 137 Å². The first-order valence-corrected chi connectivity index (χ1v) is 12.3. The van der Waals surface area contributed by atoms with Crippen molar-refractivity contribution in [3.05, 3.63) is 118 Å². The number of carbonyl (C=O) groups is 2. The van der Waals surface area contributed by atoms with Gasteiger partial charge >= 0.3 is 0 Å². The number of anilines is 3. The van der Waals surface area contributed by atoms with Crippen LogP contribution in [0.15, 0.2) is 84.0 Å². The number of nitrogens with zero attached hydrogens (tertiary/aromatic N) is 4. The van der Waals surface area contributed by atoms with Crippen LogP contribution in [0.1, 0.15) is 26.4 Å². The minimum Gasteiger partial charge on any atom is -0.383 e. The maximum absolute atomic E-state index is 15.0. The number of halogens is 2. The normalized spacial score (nSPS) is 10.8. The van der Waals surface area contributed by atoms with Gasteiger partial charge in [0.05, 0.1) is 17.4 Å². The lowest BCUT2D eigenvalue weighted by Crippen LogP contribution is -2.29. The van der Waals surface area contributed by atoms with Gasteiger partial charge in [-0.15, -0.1) is 0 Å². The van der Waals surface area contributed by atoms with Crippen LogP contribution in [0.25, 0.3) is 16.8 Å². The molecule has 0 fully saturated rings. The van der Waals surface area contributed by atoms with Gasteiger partial charge in [-0.2, -0.15) is 5.10 Å². The van der Waals surface area contributed by atoms with Crippen LogP contribution in [-0.4, -0.2) is 31.1 Å². The summed E-state index contributed by atoms with van der Waals surface area (Å²) in [5.41, 5.74) is 7.25. The number of nitrogen functional groups attached to an aromatic ring is 1. The first-order valence-electron chi connectivity index (χ1n) is 12.3. The van der Waals surface area contributed by atoms with Crippen molar-refractivity contribution in [1.29, 1.82) is 0 Å². The van der Waals surface area contributed by atoms with Crippen molar-refractivity contribution in [3.8, 4) is 16.8 Å². The molecule has 3 aromatic heterocycles. The molecule has 0 atom stereocenters. The predicted molar refractivity (Wildman–Crippen MR) is 150 cm³/mol. The Kier molecular flexibility index (Phi) is 7.13. The van der Waals surface area contributed by atoms with E-state index in [0.29, 0.717) is 16.9 Å². The van der Waals surface area contributed by atoms with Crippen LogP contribution in [0.5, 0.6) is 0 Å². The van der Waals surface area contributed by atoms with E-state index in [1.807, 2.05) is 0 Å². The maximum Gasteiger partial charge on any atom is 0.268 e. The largest absolute Gasteiger partial charge is 0.383 e. The van der Waals surface area contributed by atoms with Crippen molar-refractivity contribution in [2.45, 2.75) is 6.92 Å². The van der Waals surface area contributed by atoms with Gasteiger partial charge in [0.15, 0.2) is 0 Å². The summed E-state index contributed by atoms with van der Waals surface area (Å²) in [6.07, 6.45) is 4.86. The van der Waals surface area contributed by atoms with Gasteiger partial charge in [-0.25, -0.2) is 13.8 Å². The molecule has 2 aromatic carbocycles. The van der Waals surface area contributed by atoms with Crippen molar-refractivity contribution < 1.29 is 18.4 Å². The highest BCUT2D eigenvalue weighted by atomic mass is 19.1. The Labute approximate surface area is 232 Å². The zero-order valence-electron chi connectivity index (χ0n) is 21.9. The average molecular weight is 556 g/mol. The highest BCUT2D eigenvalue weighted by Crippen LogP contribution is 2.24. The van der Waals surface area contributed by atoms with Crippen molar-refractivity contribution in [1.82, 2.24) is 19.3 Å². The SMILES string of the molecule is Cc1ccc(C(=O)Nc2ccc(NC(=O)c3cc(-c4cnn(C)c4)cnc3N)c(F)c2)c(=O)n1-c1ccc(F)cc1. The summed E-state index contributed by atoms with van der Waals surface area (Å²) in [6.45, 7) is 1.67. The molecule has 0 bridgehead atoms. The first kappa shape index (κ1) is 26.9. The Morgan fingerprint density at radius 3 is 2.29 bits per heavy atom. The van der Waals surface area contributed by atoms with E-state index in [-0.39, 0.29) is 28.3 Å². The number of hydrogen-bond acceptors (Lipinski definition) is 6. The fourth-order valence-electron chi connectivity index (χ4n) is 4.18. The van der Waals surface area contributed by atoms with Gasteiger partial charge in [-0.3, -0.25) is 23.6 Å². The number of carbonyl (C=O) groups excluding carboxylic acids is 2. The van der Waals surface area contributed by atoms with E-state index < -0.39 is 29.0 Å². The summed E-state index contributed by atoms with van der Waals surface area (Å²) in [5.74, 6) is -2.79. The van der Waals surface area contributed by atoms with Crippen LogP contribution < -0.4 is 21.9 Å². The van der Waals surface area contributed by atoms with Crippen LogP contribution in [0, 0.1) is 18.6 Å². The van der Waals surface area contributed by atoms with Gasteiger partial charge in [0.2, 0.25) is 0 Å². The molecular weight excluding hydrogens is 532 g/mol. The summed E-state index contributed by atoms with van der Waals surface area (Å²) in [5, 5.41) is 9.05. The average Bonchev–Trinajstić information content (AvgIpc) is 3.37. The Bertz CT molecular complexity index is 1860. The van der Waals surface area contributed by atoms with E-state index >= 15 is 0 Å². The Morgan fingerprint density at radius 1 is 0.878 bits per heavy atom. The number of pyridine rings is 2. The summed E-state index contributed by atoms with van der Waals surface area (Å²) in [6, 6.07) is 13.4. The quantitative estimate of drug-likeness (QED) is 0.286. The number of hydrogen-bond donors (Lipinski definition) is 3. The molecule has 0 aliphatic rings. The van der Waals surface area contributed by atoms with Gasteiger partial charge in [-0.05, 0) is 67.6 Å². The van der Waals surface area contributed by atoms with E-state index in [4.69, 9.17) is 5.73 Å². The van der Waals surface area contributed by atoms with E-state index in [2.05, 4.69) is 20.7 Å². The molecule has 0 unspecified atom stereocenters. The van der Waals surface area contributed by atoms with Crippen LogP contribution in [0.3, 0.4) is 0 Å². The molecule has 0 saturated heterocycles. The fraction of sp³-hybridized carbons (Fsp3) is 0.0690. The smallest absolute Gasteiger partial charge is 0.268 e. The van der Waals surface area contributed by atoms with E-state index in [0.717, 1.165) is 11.6 Å². The molecule has 10 nitrogen and oxygen atoms in total. The zero-order chi connectivity index (χ0) is 29.3. The Hall–Kier alpha value is -5.65. The minimum atomic E-state index is -0.835. The molecule has 12 heteroatoms. The summed E-state index contributed by atoms with van der Waals surface area (Å²) < 4.78 is 31.2. The third-order valence-corrected chi connectivity index (χ3v) is 6.28. The van der Waals surface area contributed by atoms with Gasteiger partial charge < -0.3 is 16.4 Å². The molecule has 0 saturated carbocycles. The van der Waals surface area contributed by atoms with Crippen LogP contribution >= 0.6 is 0 Å². The fourth-order valence-corrected chi connectivity index (χ4v) is 4.18. The summed E-state index contributed by atoms with van der Waals surface area (Å²) in [7, 11) is 1.75. The van der Waals surface area contributed by atoms with E-state index in [9.17, 15) is 23.2 Å². The lowest BCUT2D eigenvalue weighted by molar-refractivity contribution is 0.101. The van der Waals surface area contributed by atoms with Crippen molar-refractivity contribution >= 4 is 29.0 Å². The van der Waals surface area contributed by atoms with Gasteiger partial charge in [0, 0.05) is 47.6 Å². The van der Waals surface area contributed by atoms with Gasteiger partial charge in [-0.1, -0.05) is 0 Å². The molecule has 4 N–H and O–H groups in total. The molecular formula is C29H23F2N7O3. The third kappa shape index (κ3) is 5.57. The van der Waals surface area contributed by atoms with Gasteiger partial charge in [0.1, 0.15) is 23.0 Å². The molecule has 41 heavy (non-hydrogen) atoms. The van der Waals surface area contributed by atoms with Gasteiger partial charge in [0.25, 0.3) is 17.4 Å². The molecule has 3 heterocycles. The van der Waals surface area contributed by atoms with Crippen molar-refractivity contribution in [3.63, 3.8) is 0 Å². The lowest BCUT2D eigenvalue weighted by atomic mass is 10.1. The molecule has 0 radical (unpaired) electrons. The number of benzene rings is 2. The van der Waals surface area contributed by atoms with E-state index in [1.54, 1.807) is 37.1 Å². The second-order valence-electron chi connectivity index (χ2n) is 9.17. The van der Waals surface area contributed by atoms with Crippen molar-refractivity contribution in [2.24, 2.45) is 7.05 Å². The van der Waals surface area contributed by atoms with Crippen LogP contribution in [0.4, 0.5) is 26.0 Å². The highest BCUT2D eigenvalue weighted by molar-refractivity contribution is 6.08. The minimum absolute atomic E-state index is 0.0381. The standard InChI is InChI=1S/C29H23F2N7O3/c1-16-3-9-22(29(41)38(16)21-7-4-19(30)5-8-21)27(39)35-20-6-10-25(24(31)12-20)36-28(40)23-11-17(13-33-26(23)32)18-14-34-37(2)15-18/h3-15H,1-2H3,(H2,32,33)(H,35,39)(H,36,40). The maximum atomic E-state index is 15.0. The molecule has 5 rings (SSSR count). The monoisotopic (exact) mass is 555 g/mol. The summed E-state index contributed by atoms with van der Waals surface area (Å²) >= 11 is 0. The summed E-state index contributed by atoms with van der Waals surface area (Å²) in [4.78, 5) is 43.0. The molecule has 0 spiro atoms. The number of nitrogens with two attached hydrogens (primary N) is 1. The number of amides is 2. The Balaban J connectivity index is 1.34. The Morgan fingerprint density at radius 2 is 1.61 bits per heavy atom. The van der Waals surface area contributed by atoms with Crippen molar-refractivity contribution in [2.75, 3.05) is 16.4 Å². The number of rotatable bonds is 6. The second-order valence-corrected chi connectivity index (χ2v) is 9.17. The molecule has 2 amide bonds. The molecule has 206 valence electrons. The molecule has 5 aromatic rings. The number of aryl methyl sites for hydroxylation is 2. The molecule has 0 aliphatic carbocycles. The lowest BCUT2D eigenvalue weighted by Gasteiger charge is -2.13. The van der Waals surface area contributed by atoms with E-state index in [1.165, 1.54) is 59.3 Å². The molecule has 0 aliphatic heterocycles. The third-order valence-electron chi connectivity index (χ3n) is 6.28. The first-order chi connectivity index (χ1) is 19.6. The zero-order valence-corrected chi connectivity index (χ0v) is 21.9. The van der Waals surface area contributed by atoms with Crippen LogP contribution in [0.2, 0.25) is 0 Å². The van der Waals surface area contributed by atoms with Crippen LogP contribution in [-0.2, 0) is 7.05 Å². The second kappa shape index (κ2) is 10.8. The number of aromatic nitrogens is 4.